The van der Waals surface area contributed by atoms with E-state index in [0.29, 0.717) is 5.92 Å². The van der Waals surface area contributed by atoms with Crippen molar-refractivity contribution in [1.29, 1.82) is 0 Å². The summed E-state index contributed by atoms with van der Waals surface area (Å²) in [4.78, 5) is 25.1. The van der Waals surface area contributed by atoms with Crippen molar-refractivity contribution < 1.29 is 14.9 Å². The molecule has 28 heavy (non-hydrogen) atoms. The van der Waals surface area contributed by atoms with Gasteiger partial charge in [-0.3, -0.25) is 9.59 Å². The molecule has 0 bridgehead atoms. The van der Waals surface area contributed by atoms with E-state index < -0.39 is 0 Å². The van der Waals surface area contributed by atoms with Crippen LogP contribution < -0.4 is 16.0 Å². The molecule has 0 fully saturated rings. The van der Waals surface area contributed by atoms with Gasteiger partial charge < -0.3 is 16.0 Å². The molecule has 2 amide bonds. The van der Waals surface area contributed by atoms with Crippen LogP contribution in [0.4, 0.5) is 0 Å². The Labute approximate surface area is 171 Å². The fraction of sp³-hybridized carbons (Fsp3) is 0.455. The smallest absolute Gasteiger partial charge is 0.275 e. The Kier molecular flexibility index (Phi) is 8.67. The molecule has 0 spiro atoms. The van der Waals surface area contributed by atoms with Crippen LogP contribution in [0.1, 0.15) is 62.1 Å². The van der Waals surface area contributed by atoms with Crippen LogP contribution >= 0.6 is 11.3 Å². The molecule has 1 aromatic carbocycles. The molecule has 1 aromatic heterocycles. The van der Waals surface area contributed by atoms with Gasteiger partial charge in [0.05, 0.1) is 11.4 Å². The van der Waals surface area contributed by atoms with Crippen LogP contribution in [0.3, 0.4) is 0 Å². The number of nitrogens with one attached hydrogen (secondary N) is 2. The number of amides is 2. The van der Waals surface area contributed by atoms with Gasteiger partial charge in [-0.15, -0.1) is 11.3 Å². The number of hydrogen-bond acceptors (Lipinski definition) is 3. The lowest BCUT2D eigenvalue weighted by Crippen LogP contribution is -2.87. The monoisotopic (exact) mass is 402 g/mol. The first-order chi connectivity index (χ1) is 13.4. The van der Waals surface area contributed by atoms with Gasteiger partial charge >= 0.3 is 0 Å². The first-order valence-electron chi connectivity index (χ1n) is 9.93. The fourth-order valence-electron chi connectivity index (χ4n) is 3.00. The number of thiophene rings is 1. The molecule has 1 heterocycles. The molecule has 0 aliphatic heterocycles. The van der Waals surface area contributed by atoms with E-state index in [1.54, 1.807) is 11.3 Å². The lowest BCUT2D eigenvalue weighted by molar-refractivity contribution is -0.676. The molecule has 0 aliphatic carbocycles. The van der Waals surface area contributed by atoms with Crippen molar-refractivity contribution >= 4 is 23.2 Å². The summed E-state index contributed by atoms with van der Waals surface area (Å²) in [7, 11) is 0. The van der Waals surface area contributed by atoms with Crippen molar-refractivity contribution in [3.05, 3.63) is 57.8 Å². The van der Waals surface area contributed by atoms with Crippen LogP contribution in [0.25, 0.3) is 0 Å². The van der Waals surface area contributed by atoms with E-state index in [4.69, 9.17) is 0 Å². The van der Waals surface area contributed by atoms with Gasteiger partial charge in [0.1, 0.15) is 6.04 Å². The van der Waals surface area contributed by atoms with E-state index in [-0.39, 0.29) is 37.0 Å². The zero-order valence-corrected chi connectivity index (χ0v) is 18.0. The summed E-state index contributed by atoms with van der Waals surface area (Å²) in [6, 6.07) is 13.0. The molecule has 6 heteroatoms. The molecule has 152 valence electrons. The summed E-state index contributed by atoms with van der Waals surface area (Å²) in [6.45, 7) is 8.50. The highest BCUT2D eigenvalue weighted by Crippen LogP contribution is 2.25. The Morgan fingerprint density at radius 1 is 1.04 bits per heavy atom. The van der Waals surface area contributed by atoms with E-state index in [0.717, 1.165) is 6.42 Å². The van der Waals surface area contributed by atoms with E-state index in [9.17, 15) is 9.59 Å². The molecule has 2 aromatic rings. The summed E-state index contributed by atoms with van der Waals surface area (Å²) >= 11 is 1.69. The van der Waals surface area contributed by atoms with Crippen LogP contribution in [0.5, 0.6) is 0 Å². The van der Waals surface area contributed by atoms with E-state index in [1.165, 1.54) is 16.0 Å². The van der Waals surface area contributed by atoms with Gasteiger partial charge in [-0.2, -0.15) is 0 Å². The van der Waals surface area contributed by atoms with Gasteiger partial charge in [0.2, 0.25) is 5.91 Å². The van der Waals surface area contributed by atoms with Gasteiger partial charge in [0, 0.05) is 11.6 Å². The molecule has 5 nitrogen and oxygen atoms in total. The largest absolute Gasteiger partial charge is 0.352 e. The summed E-state index contributed by atoms with van der Waals surface area (Å²) in [6.07, 6.45) is 1.12. The van der Waals surface area contributed by atoms with Crippen LogP contribution in [0.15, 0.2) is 41.8 Å². The molecule has 2 atom stereocenters. The molecule has 0 aliphatic rings. The zero-order chi connectivity index (χ0) is 20.5. The van der Waals surface area contributed by atoms with E-state index in [2.05, 4.69) is 60.2 Å². The third-order valence-corrected chi connectivity index (χ3v) is 5.72. The number of rotatable bonds is 10. The van der Waals surface area contributed by atoms with Crippen LogP contribution in [0.2, 0.25) is 0 Å². The van der Waals surface area contributed by atoms with E-state index >= 15 is 0 Å². The second kappa shape index (κ2) is 11.0. The quantitative estimate of drug-likeness (QED) is 0.571. The number of nitrogens with two attached hydrogens (primary N) is 1. The Hall–Kier alpha value is -2.18. The Balaban J connectivity index is 1.99. The van der Waals surface area contributed by atoms with Crippen molar-refractivity contribution in [3.63, 3.8) is 0 Å². The lowest BCUT2D eigenvalue weighted by Gasteiger charge is -2.16. The summed E-state index contributed by atoms with van der Waals surface area (Å²) in [5.74, 6) is 0.233. The third kappa shape index (κ3) is 6.77. The molecular formula is C22H32N3O2S+. The molecule has 0 unspecified atom stereocenters. The minimum absolute atomic E-state index is 0.0120. The van der Waals surface area contributed by atoms with E-state index in [1.807, 2.05) is 25.2 Å². The molecule has 2 rings (SSSR count). The minimum Gasteiger partial charge on any atom is -0.352 e. The maximum atomic E-state index is 12.2. The highest BCUT2D eigenvalue weighted by molar-refractivity contribution is 7.10. The highest BCUT2D eigenvalue weighted by Gasteiger charge is 2.20. The molecule has 0 radical (unpaired) electrons. The normalized spacial score (nSPS) is 13.2. The topological polar surface area (TPSA) is 74.8 Å². The number of quaternary nitrogens is 1. The number of carbonyl (C=O) groups is 2. The van der Waals surface area contributed by atoms with Gasteiger partial charge in [0.15, 0.2) is 6.54 Å². The van der Waals surface area contributed by atoms with Crippen LogP contribution in [-0.4, -0.2) is 30.9 Å². The first-order valence-corrected chi connectivity index (χ1v) is 10.8. The van der Waals surface area contributed by atoms with Gasteiger partial charge in [0.25, 0.3) is 5.91 Å². The predicted molar refractivity (Wildman–Crippen MR) is 114 cm³/mol. The van der Waals surface area contributed by atoms with Crippen molar-refractivity contribution in [1.82, 2.24) is 10.6 Å². The van der Waals surface area contributed by atoms with Gasteiger partial charge in [-0.1, -0.05) is 44.2 Å². The second-order valence-electron chi connectivity index (χ2n) is 7.41. The predicted octanol–water partition coefficient (Wildman–Crippen LogP) is 2.56. The maximum absolute atomic E-state index is 12.2. The first kappa shape index (κ1) is 22.1. The molecule has 0 saturated carbocycles. The zero-order valence-electron chi connectivity index (χ0n) is 17.2. The van der Waals surface area contributed by atoms with Crippen LogP contribution in [-0.2, 0) is 9.59 Å². The molecular weight excluding hydrogens is 370 g/mol. The van der Waals surface area contributed by atoms with Crippen molar-refractivity contribution in [2.24, 2.45) is 0 Å². The summed E-state index contributed by atoms with van der Waals surface area (Å²) in [5.41, 5.74) is 2.52. The third-order valence-electron chi connectivity index (χ3n) is 4.76. The molecule has 4 N–H and O–H groups in total. The average molecular weight is 403 g/mol. The maximum Gasteiger partial charge on any atom is 0.275 e. The van der Waals surface area contributed by atoms with Crippen molar-refractivity contribution in [2.45, 2.75) is 52.1 Å². The summed E-state index contributed by atoms with van der Waals surface area (Å²) in [5, 5.41) is 9.54. The standard InChI is InChI=1S/C22H31N3O2S/c1-5-16(4)17-8-10-18(11-9-17)22(19-7-6-12-28-19)24-13-20(26)23-14-21(27)25-15(2)3/h6-12,15-16,22,24H,5,13-14H2,1-4H3,(H,23,26)(H,25,27)/p+1/t16-,22+/m0/s1. The SMILES string of the molecule is CC[C@H](C)c1ccc([C@@H]([NH2+]CC(=O)NCC(=O)NC(C)C)c2cccs2)cc1. The van der Waals surface area contributed by atoms with Crippen molar-refractivity contribution in [2.75, 3.05) is 13.1 Å². The molecule has 0 saturated heterocycles. The highest BCUT2D eigenvalue weighted by atomic mass is 32.1. The number of hydrogen-bond donors (Lipinski definition) is 3. The van der Waals surface area contributed by atoms with Crippen LogP contribution in [0, 0.1) is 0 Å². The Morgan fingerprint density at radius 2 is 1.71 bits per heavy atom. The van der Waals surface area contributed by atoms with Crippen molar-refractivity contribution in [3.8, 4) is 0 Å². The Morgan fingerprint density at radius 3 is 2.29 bits per heavy atom. The summed E-state index contributed by atoms with van der Waals surface area (Å²) < 4.78 is 0. The van der Waals surface area contributed by atoms with Gasteiger partial charge in [-0.25, -0.2) is 0 Å². The number of benzene rings is 1. The fourth-order valence-corrected chi connectivity index (χ4v) is 3.85. The average Bonchev–Trinajstić information content (AvgIpc) is 3.20. The Bertz CT molecular complexity index is 742. The van der Waals surface area contributed by atoms with Gasteiger partial charge in [-0.05, 0) is 43.2 Å². The second-order valence-corrected chi connectivity index (χ2v) is 8.39. The minimum atomic E-state index is -0.168. The number of carbonyl (C=O) groups excluding carboxylic acids is 2. The lowest BCUT2D eigenvalue weighted by atomic mass is 9.95.